The number of benzene rings is 1. The van der Waals surface area contributed by atoms with Crippen molar-refractivity contribution in [2.24, 2.45) is 11.8 Å². The van der Waals surface area contributed by atoms with Crippen LogP contribution in [0, 0.1) is 11.8 Å². The third-order valence-electron chi connectivity index (χ3n) is 2.88. The van der Waals surface area contributed by atoms with Crippen LogP contribution in [0.1, 0.15) is 40.0 Å². The summed E-state index contributed by atoms with van der Waals surface area (Å²) < 4.78 is 5.24. The lowest BCUT2D eigenvalue weighted by Gasteiger charge is -2.11. The molecule has 0 saturated heterocycles. The first kappa shape index (κ1) is 14.6. The molecule has 0 radical (unpaired) electrons. The van der Waals surface area contributed by atoms with E-state index in [4.69, 9.17) is 9.84 Å². The molecule has 1 N–H and O–H groups in total. The number of esters is 1. The Kier molecular flexibility index (Phi) is 5.69. The Balaban J connectivity index is 2.37. The molecule has 0 aromatic heterocycles. The van der Waals surface area contributed by atoms with E-state index in [2.05, 4.69) is 13.8 Å². The van der Waals surface area contributed by atoms with Crippen LogP contribution in [0.5, 0.6) is 11.5 Å². The number of hydrogen-bond donors (Lipinski definition) is 1. The highest BCUT2D eigenvalue weighted by Gasteiger charge is 2.15. The molecule has 18 heavy (non-hydrogen) atoms. The van der Waals surface area contributed by atoms with Gasteiger partial charge in [0.05, 0.1) is 5.92 Å². The van der Waals surface area contributed by atoms with Crippen molar-refractivity contribution in [3.05, 3.63) is 24.3 Å². The van der Waals surface area contributed by atoms with Crippen molar-refractivity contribution in [1.82, 2.24) is 0 Å². The van der Waals surface area contributed by atoms with Crippen molar-refractivity contribution >= 4 is 5.97 Å². The average molecular weight is 250 g/mol. The maximum Gasteiger partial charge on any atom is 0.314 e. The molecule has 1 atom stereocenters. The lowest BCUT2D eigenvalue weighted by molar-refractivity contribution is -0.138. The van der Waals surface area contributed by atoms with Crippen molar-refractivity contribution < 1.29 is 14.6 Å². The molecule has 0 aliphatic carbocycles. The van der Waals surface area contributed by atoms with Crippen LogP contribution in [0.25, 0.3) is 0 Å². The van der Waals surface area contributed by atoms with Crippen LogP contribution in [0.15, 0.2) is 24.3 Å². The van der Waals surface area contributed by atoms with Gasteiger partial charge in [-0.1, -0.05) is 33.6 Å². The summed E-state index contributed by atoms with van der Waals surface area (Å²) in [5.41, 5.74) is 0. The molecule has 0 amide bonds. The molecule has 0 fully saturated rings. The SMILES string of the molecule is CC(C)CCCC(C)C(=O)Oc1ccc(O)cc1. The molecule has 0 bridgehead atoms. The average Bonchev–Trinajstić information content (AvgIpc) is 2.31. The van der Waals surface area contributed by atoms with Crippen molar-refractivity contribution in [2.45, 2.75) is 40.0 Å². The van der Waals surface area contributed by atoms with Crippen molar-refractivity contribution in [1.29, 1.82) is 0 Å². The largest absolute Gasteiger partial charge is 0.508 e. The Labute approximate surface area is 109 Å². The zero-order valence-corrected chi connectivity index (χ0v) is 11.3. The molecular formula is C15H22O3. The minimum absolute atomic E-state index is 0.0856. The number of rotatable bonds is 6. The van der Waals surface area contributed by atoms with E-state index in [0.717, 1.165) is 19.3 Å². The maximum absolute atomic E-state index is 11.8. The van der Waals surface area contributed by atoms with E-state index in [-0.39, 0.29) is 17.6 Å². The first-order chi connectivity index (χ1) is 8.49. The van der Waals surface area contributed by atoms with Crippen LogP contribution in [0.2, 0.25) is 0 Å². The Morgan fingerprint density at radius 2 is 1.78 bits per heavy atom. The van der Waals surface area contributed by atoms with E-state index in [0.29, 0.717) is 11.7 Å². The monoisotopic (exact) mass is 250 g/mol. The molecule has 1 aromatic rings. The lowest BCUT2D eigenvalue weighted by Crippen LogP contribution is -2.17. The number of carbonyl (C=O) groups is 1. The summed E-state index contributed by atoms with van der Waals surface area (Å²) in [7, 11) is 0. The highest BCUT2D eigenvalue weighted by atomic mass is 16.5. The van der Waals surface area contributed by atoms with Crippen LogP contribution in [0.3, 0.4) is 0 Å². The Morgan fingerprint density at radius 1 is 1.17 bits per heavy atom. The van der Waals surface area contributed by atoms with Crippen LogP contribution in [0.4, 0.5) is 0 Å². The molecule has 3 nitrogen and oxygen atoms in total. The number of hydrogen-bond acceptors (Lipinski definition) is 3. The minimum Gasteiger partial charge on any atom is -0.508 e. The summed E-state index contributed by atoms with van der Waals surface area (Å²) in [4.78, 5) is 11.8. The van der Waals surface area contributed by atoms with Crippen molar-refractivity contribution in [3.8, 4) is 11.5 Å². The summed E-state index contributed by atoms with van der Waals surface area (Å²) in [5, 5.41) is 9.13. The fraction of sp³-hybridized carbons (Fsp3) is 0.533. The number of phenols is 1. The zero-order valence-electron chi connectivity index (χ0n) is 11.3. The van der Waals surface area contributed by atoms with Gasteiger partial charge in [0.2, 0.25) is 0 Å². The Hall–Kier alpha value is -1.51. The van der Waals surface area contributed by atoms with Crippen molar-refractivity contribution in [3.63, 3.8) is 0 Å². The van der Waals surface area contributed by atoms with Gasteiger partial charge in [0.15, 0.2) is 0 Å². The number of aromatic hydroxyl groups is 1. The highest BCUT2D eigenvalue weighted by Crippen LogP contribution is 2.19. The van der Waals surface area contributed by atoms with Crippen LogP contribution < -0.4 is 4.74 Å². The van der Waals surface area contributed by atoms with Crippen molar-refractivity contribution in [2.75, 3.05) is 0 Å². The number of phenolic OH excluding ortho intramolecular Hbond substituents is 1. The van der Waals surface area contributed by atoms with Gasteiger partial charge in [0.25, 0.3) is 0 Å². The molecule has 0 heterocycles. The van der Waals surface area contributed by atoms with E-state index < -0.39 is 0 Å². The van der Waals surface area contributed by atoms with E-state index >= 15 is 0 Å². The standard InChI is InChI=1S/C15H22O3/c1-11(2)5-4-6-12(3)15(17)18-14-9-7-13(16)8-10-14/h7-12,16H,4-6H2,1-3H3. The Morgan fingerprint density at radius 3 is 2.33 bits per heavy atom. The van der Waals surface area contributed by atoms with Gasteiger partial charge >= 0.3 is 5.97 Å². The maximum atomic E-state index is 11.8. The van der Waals surface area contributed by atoms with Gasteiger partial charge in [-0.05, 0) is 36.6 Å². The fourth-order valence-corrected chi connectivity index (χ4v) is 1.68. The molecule has 0 saturated carbocycles. The van der Waals surface area contributed by atoms with Crippen LogP contribution in [-0.4, -0.2) is 11.1 Å². The predicted molar refractivity (Wildman–Crippen MR) is 71.6 cm³/mol. The van der Waals surface area contributed by atoms with Gasteiger partial charge in [-0.15, -0.1) is 0 Å². The number of ether oxygens (including phenoxy) is 1. The zero-order chi connectivity index (χ0) is 13.5. The molecular weight excluding hydrogens is 228 g/mol. The topological polar surface area (TPSA) is 46.5 Å². The van der Waals surface area contributed by atoms with Gasteiger partial charge in [0.1, 0.15) is 11.5 Å². The molecule has 0 spiro atoms. The van der Waals surface area contributed by atoms with Crippen LogP contribution in [-0.2, 0) is 4.79 Å². The summed E-state index contributed by atoms with van der Waals surface area (Å²) in [6.45, 7) is 6.25. The molecule has 1 unspecified atom stereocenters. The van der Waals surface area contributed by atoms with Gasteiger partial charge in [-0.25, -0.2) is 0 Å². The number of carbonyl (C=O) groups excluding carboxylic acids is 1. The minimum atomic E-state index is -0.204. The van der Waals surface area contributed by atoms with Gasteiger partial charge in [-0.3, -0.25) is 4.79 Å². The second-order valence-corrected chi connectivity index (χ2v) is 5.14. The quantitative estimate of drug-likeness (QED) is 0.617. The molecule has 1 rings (SSSR count). The van der Waals surface area contributed by atoms with E-state index in [1.54, 1.807) is 12.1 Å². The molecule has 1 aromatic carbocycles. The lowest BCUT2D eigenvalue weighted by atomic mass is 10.00. The molecule has 100 valence electrons. The summed E-state index contributed by atoms with van der Waals surface area (Å²) in [6, 6.07) is 6.19. The second-order valence-electron chi connectivity index (χ2n) is 5.14. The highest BCUT2D eigenvalue weighted by molar-refractivity contribution is 5.74. The normalized spacial score (nSPS) is 12.4. The van der Waals surface area contributed by atoms with E-state index in [9.17, 15) is 4.79 Å². The first-order valence-electron chi connectivity index (χ1n) is 6.49. The van der Waals surface area contributed by atoms with Gasteiger partial charge in [0, 0.05) is 0 Å². The van der Waals surface area contributed by atoms with Gasteiger partial charge < -0.3 is 9.84 Å². The first-order valence-corrected chi connectivity index (χ1v) is 6.49. The predicted octanol–water partition coefficient (Wildman–Crippen LogP) is 3.76. The van der Waals surface area contributed by atoms with Crippen LogP contribution >= 0.6 is 0 Å². The molecule has 0 aliphatic rings. The van der Waals surface area contributed by atoms with Gasteiger partial charge in [-0.2, -0.15) is 0 Å². The Bertz CT molecular complexity index is 368. The second kappa shape index (κ2) is 7.04. The summed E-state index contributed by atoms with van der Waals surface area (Å²) >= 11 is 0. The smallest absolute Gasteiger partial charge is 0.314 e. The third-order valence-corrected chi connectivity index (χ3v) is 2.88. The summed E-state index contributed by atoms with van der Waals surface area (Å²) in [6.07, 6.45) is 3.04. The molecule has 3 heteroatoms. The van der Waals surface area contributed by atoms with E-state index in [1.807, 2.05) is 6.92 Å². The molecule has 0 aliphatic heterocycles. The fourth-order valence-electron chi connectivity index (χ4n) is 1.68. The van der Waals surface area contributed by atoms with E-state index in [1.165, 1.54) is 12.1 Å². The summed E-state index contributed by atoms with van der Waals surface area (Å²) in [5.74, 6) is 1.03. The third kappa shape index (κ3) is 5.21.